The molecule has 3 rings (SSSR count). The third-order valence-corrected chi connectivity index (χ3v) is 3.95. The minimum atomic E-state index is -0.216. The molecule has 25 heavy (non-hydrogen) atoms. The largest absolute Gasteiger partial charge is 0.322 e. The molecule has 0 unspecified atom stereocenters. The molecule has 2 aromatic carbocycles. The second kappa shape index (κ2) is 7.45. The molecule has 0 radical (unpaired) electrons. The number of nitrogens with zero attached hydrogens (tertiary/aromatic N) is 3. The summed E-state index contributed by atoms with van der Waals surface area (Å²) in [7, 11) is 0. The number of aromatic nitrogens is 2. The molecule has 0 aliphatic heterocycles. The maximum atomic E-state index is 12.6. The lowest BCUT2D eigenvalue weighted by atomic mass is 10.1. The Morgan fingerprint density at radius 3 is 2.72 bits per heavy atom. The van der Waals surface area contributed by atoms with Gasteiger partial charge in [-0.25, -0.2) is 0 Å². The topological polar surface area (TPSA) is 70.7 Å². The minimum absolute atomic E-state index is 0.216. The van der Waals surface area contributed by atoms with Crippen LogP contribution in [0.4, 0.5) is 5.69 Å². The van der Waals surface area contributed by atoms with Crippen LogP contribution in [0.2, 0.25) is 0 Å². The van der Waals surface area contributed by atoms with Gasteiger partial charge in [0.2, 0.25) is 0 Å². The first kappa shape index (κ1) is 16.5. The molecule has 5 nitrogen and oxygen atoms in total. The number of rotatable bonds is 5. The summed E-state index contributed by atoms with van der Waals surface area (Å²) in [4.78, 5) is 12.6. The Morgan fingerprint density at radius 2 is 2.00 bits per heavy atom. The lowest BCUT2D eigenvalue weighted by molar-refractivity contribution is 0.102. The zero-order chi connectivity index (χ0) is 17.6. The fourth-order valence-electron chi connectivity index (χ4n) is 2.73. The van der Waals surface area contributed by atoms with Crippen molar-refractivity contribution in [1.82, 2.24) is 9.78 Å². The molecule has 0 aliphatic carbocycles. The molecule has 124 valence electrons. The van der Waals surface area contributed by atoms with Crippen molar-refractivity contribution in [2.75, 3.05) is 5.32 Å². The van der Waals surface area contributed by atoms with Crippen LogP contribution in [0.25, 0.3) is 0 Å². The number of benzene rings is 2. The smallest absolute Gasteiger partial charge is 0.259 e. The molecule has 0 atom stereocenters. The van der Waals surface area contributed by atoms with Crippen molar-refractivity contribution in [2.24, 2.45) is 0 Å². The number of carbonyl (C=O) groups is 1. The molecule has 1 N–H and O–H groups in total. The van der Waals surface area contributed by atoms with Crippen LogP contribution >= 0.6 is 0 Å². The average molecular weight is 330 g/mol. The highest BCUT2D eigenvalue weighted by Gasteiger charge is 2.16. The van der Waals surface area contributed by atoms with E-state index < -0.39 is 0 Å². The van der Waals surface area contributed by atoms with Gasteiger partial charge in [-0.05, 0) is 30.2 Å². The van der Waals surface area contributed by atoms with Gasteiger partial charge in [-0.2, -0.15) is 10.4 Å². The van der Waals surface area contributed by atoms with Crippen LogP contribution in [-0.2, 0) is 13.0 Å². The SMILES string of the molecule is CCc1c(C(=O)Nc2cccc(C#N)c2)cnn1Cc1ccccc1. The van der Waals surface area contributed by atoms with Gasteiger partial charge in [0.1, 0.15) is 0 Å². The molecule has 0 bridgehead atoms. The van der Waals surface area contributed by atoms with E-state index in [2.05, 4.69) is 16.5 Å². The minimum Gasteiger partial charge on any atom is -0.322 e. The van der Waals surface area contributed by atoms with E-state index in [1.165, 1.54) is 0 Å². The van der Waals surface area contributed by atoms with Crippen molar-refractivity contribution >= 4 is 11.6 Å². The van der Waals surface area contributed by atoms with Crippen molar-refractivity contribution in [3.8, 4) is 6.07 Å². The Hall–Kier alpha value is -3.39. The number of anilines is 1. The van der Waals surface area contributed by atoms with Crippen LogP contribution in [0, 0.1) is 11.3 Å². The van der Waals surface area contributed by atoms with Crippen molar-refractivity contribution in [3.63, 3.8) is 0 Å². The average Bonchev–Trinajstić information content (AvgIpc) is 3.05. The van der Waals surface area contributed by atoms with E-state index in [4.69, 9.17) is 5.26 Å². The second-order valence-corrected chi connectivity index (χ2v) is 5.65. The number of carbonyl (C=O) groups excluding carboxylic acids is 1. The van der Waals surface area contributed by atoms with Gasteiger partial charge in [0, 0.05) is 5.69 Å². The highest BCUT2D eigenvalue weighted by Crippen LogP contribution is 2.16. The molecule has 0 fully saturated rings. The molecule has 3 aromatic rings. The zero-order valence-corrected chi connectivity index (χ0v) is 13.9. The number of nitrogens with one attached hydrogen (secondary N) is 1. The van der Waals surface area contributed by atoms with Crippen LogP contribution in [0.15, 0.2) is 60.8 Å². The van der Waals surface area contributed by atoms with E-state index in [9.17, 15) is 4.79 Å². The van der Waals surface area contributed by atoms with Gasteiger partial charge < -0.3 is 5.32 Å². The van der Waals surface area contributed by atoms with E-state index in [0.717, 1.165) is 11.3 Å². The summed E-state index contributed by atoms with van der Waals surface area (Å²) in [5, 5.41) is 16.2. The molecule has 0 saturated heterocycles. The van der Waals surface area contributed by atoms with Crippen LogP contribution in [0.3, 0.4) is 0 Å². The standard InChI is InChI=1S/C20H18N4O/c1-2-19-18(13-22-24(19)14-15-7-4-3-5-8-15)20(25)23-17-10-6-9-16(11-17)12-21/h3-11,13H,2,14H2,1H3,(H,23,25). The normalized spacial score (nSPS) is 10.2. The van der Waals surface area contributed by atoms with Crippen molar-refractivity contribution < 1.29 is 4.79 Å². The quantitative estimate of drug-likeness (QED) is 0.777. The van der Waals surface area contributed by atoms with Crippen molar-refractivity contribution in [1.29, 1.82) is 5.26 Å². The Bertz CT molecular complexity index is 922. The molecular weight excluding hydrogens is 312 g/mol. The van der Waals surface area contributed by atoms with Gasteiger partial charge in [-0.3, -0.25) is 9.48 Å². The van der Waals surface area contributed by atoms with Crippen LogP contribution in [-0.4, -0.2) is 15.7 Å². The van der Waals surface area contributed by atoms with E-state index in [-0.39, 0.29) is 5.91 Å². The first-order valence-corrected chi connectivity index (χ1v) is 8.11. The highest BCUT2D eigenvalue weighted by molar-refractivity contribution is 6.05. The van der Waals surface area contributed by atoms with E-state index in [0.29, 0.717) is 29.8 Å². The van der Waals surface area contributed by atoms with Gasteiger partial charge in [0.25, 0.3) is 5.91 Å². The summed E-state index contributed by atoms with van der Waals surface area (Å²) in [6.45, 7) is 2.63. The third-order valence-electron chi connectivity index (χ3n) is 3.95. The summed E-state index contributed by atoms with van der Waals surface area (Å²) < 4.78 is 1.86. The maximum absolute atomic E-state index is 12.6. The third kappa shape index (κ3) is 3.75. The fraction of sp³-hybridized carbons (Fsp3) is 0.150. The Labute approximate surface area is 146 Å². The Morgan fingerprint density at radius 1 is 1.20 bits per heavy atom. The zero-order valence-electron chi connectivity index (χ0n) is 13.9. The first-order chi connectivity index (χ1) is 12.2. The Balaban J connectivity index is 1.82. The summed E-state index contributed by atoms with van der Waals surface area (Å²) in [6.07, 6.45) is 2.30. The van der Waals surface area contributed by atoms with Gasteiger partial charge in [-0.15, -0.1) is 0 Å². The van der Waals surface area contributed by atoms with Crippen molar-refractivity contribution in [3.05, 3.63) is 83.2 Å². The number of hydrogen-bond donors (Lipinski definition) is 1. The molecule has 0 spiro atoms. The molecular formula is C20H18N4O. The van der Waals surface area contributed by atoms with Crippen molar-refractivity contribution in [2.45, 2.75) is 19.9 Å². The molecule has 5 heteroatoms. The predicted octanol–water partition coefficient (Wildman–Crippen LogP) is 3.62. The van der Waals surface area contributed by atoms with Crippen LogP contribution in [0.1, 0.15) is 34.1 Å². The molecule has 0 aliphatic rings. The molecule has 1 aromatic heterocycles. The maximum Gasteiger partial charge on any atom is 0.259 e. The van der Waals surface area contributed by atoms with Gasteiger partial charge >= 0.3 is 0 Å². The highest BCUT2D eigenvalue weighted by atomic mass is 16.1. The lowest BCUT2D eigenvalue weighted by Crippen LogP contribution is -2.15. The first-order valence-electron chi connectivity index (χ1n) is 8.11. The summed E-state index contributed by atoms with van der Waals surface area (Å²) in [5.74, 6) is -0.216. The summed E-state index contributed by atoms with van der Waals surface area (Å²) in [5.41, 5.74) is 3.68. The summed E-state index contributed by atoms with van der Waals surface area (Å²) in [6, 6.07) is 18.9. The molecule has 0 saturated carbocycles. The lowest BCUT2D eigenvalue weighted by Gasteiger charge is -2.09. The Kier molecular flexibility index (Phi) is 4.91. The number of nitriles is 1. The van der Waals surface area contributed by atoms with E-state index in [1.54, 1.807) is 30.5 Å². The molecule has 1 amide bonds. The predicted molar refractivity (Wildman–Crippen MR) is 96.3 cm³/mol. The fourth-order valence-corrected chi connectivity index (χ4v) is 2.73. The van der Waals surface area contributed by atoms with Crippen LogP contribution in [0.5, 0.6) is 0 Å². The van der Waals surface area contributed by atoms with Crippen LogP contribution < -0.4 is 5.32 Å². The number of amides is 1. The monoisotopic (exact) mass is 330 g/mol. The summed E-state index contributed by atoms with van der Waals surface area (Å²) >= 11 is 0. The van der Waals surface area contributed by atoms with Gasteiger partial charge in [-0.1, -0.05) is 43.3 Å². The second-order valence-electron chi connectivity index (χ2n) is 5.65. The van der Waals surface area contributed by atoms with Gasteiger partial charge in [0.05, 0.1) is 35.6 Å². The van der Waals surface area contributed by atoms with E-state index in [1.807, 2.05) is 41.9 Å². The van der Waals surface area contributed by atoms with Gasteiger partial charge in [0.15, 0.2) is 0 Å². The number of hydrogen-bond acceptors (Lipinski definition) is 3. The van der Waals surface area contributed by atoms with E-state index >= 15 is 0 Å². The molecule has 1 heterocycles.